The second kappa shape index (κ2) is 9.87. The van der Waals surface area contributed by atoms with Crippen molar-refractivity contribution in [3.8, 4) is 11.1 Å². The number of carboxylic acids is 1. The molecule has 0 bridgehead atoms. The highest BCUT2D eigenvalue weighted by Gasteiger charge is 2.45. The maximum atomic E-state index is 13.3. The van der Waals surface area contributed by atoms with Crippen LogP contribution in [0.15, 0.2) is 48.5 Å². The van der Waals surface area contributed by atoms with Crippen LogP contribution in [0, 0.1) is 5.41 Å². The predicted molar refractivity (Wildman–Crippen MR) is 128 cm³/mol. The number of carboxylic acid groups (broad SMARTS) is 1. The quantitative estimate of drug-likeness (QED) is 0.603. The summed E-state index contributed by atoms with van der Waals surface area (Å²) in [5.41, 5.74) is 3.81. The molecule has 0 radical (unpaired) electrons. The highest BCUT2D eigenvalue weighted by Crippen LogP contribution is 2.44. The molecule has 2 aliphatic carbocycles. The van der Waals surface area contributed by atoms with Crippen molar-refractivity contribution in [1.82, 2.24) is 10.2 Å². The Kier molecular flexibility index (Phi) is 6.91. The Hall–Kier alpha value is -3.35. The van der Waals surface area contributed by atoms with Crippen molar-refractivity contribution in [3.05, 3.63) is 59.7 Å². The van der Waals surface area contributed by atoms with Gasteiger partial charge in [0.25, 0.3) is 0 Å². The summed E-state index contributed by atoms with van der Waals surface area (Å²) in [6.07, 6.45) is 2.75. The number of ether oxygens (including phenoxy) is 1. The molecule has 1 atom stereocenters. The number of amides is 2. The van der Waals surface area contributed by atoms with Crippen LogP contribution >= 0.6 is 0 Å². The van der Waals surface area contributed by atoms with Gasteiger partial charge in [-0.25, -0.2) is 9.59 Å². The van der Waals surface area contributed by atoms with Gasteiger partial charge in [-0.3, -0.25) is 4.79 Å². The first-order valence-electron chi connectivity index (χ1n) is 12.0. The molecule has 0 aliphatic heterocycles. The van der Waals surface area contributed by atoms with Crippen molar-refractivity contribution in [3.63, 3.8) is 0 Å². The van der Waals surface area contributed by atoms with Crippen LogP contribution in [0.2, 0.25) is 0 Å². The molecule has 2 aromatic carbocycles. The normalized spacial score (nSPS) is 16.9. The van der Waals surface area contributed by atoms with Gasteiger partial charge in [0.05, 0.1) is 5.41 Å². The summed E-state index contributed by atoms with van der Waals surface area (Å²) in [5.74, 6) is -1.28. The monoisotopic (exact) mass is 464 g/mol. The molecule has 0 heterocycles. The number of alkyl carbamates (subject to hydrolysis) is 1. The molecule has 7 nitrogen and oxygen atoms in total. The van der Waals surface area contributed by atoms with Crippen LogP contribution in [-0.4, -0.2) is 54.2 Å². The van der Waals surface area contributed by atoms with Crippen LogP contribution in [0.5, 0.6) is 0 Å². The molecule has 0 saturated heterocycles. The Morgan fingerprint density at radius 1 is 1.06 bits per heavy atom. The molecule has 1 fully saturated rings. The molecule has 7 heteroatoms. The largest absolute Gasteiger partial charge is 0.480 e. The van der Waals surface area contributed by atoms with Crippen molar-refractivity contribution in [2.45, 2.75) is 51.0 Å². The van der Waals surface area contributed by atoms with Gasteiger partial charge >= 0.3 is 12.1 Å². The van der Waals surface area contributed by atoms with Crippen molar-refractivity contribution in [1.29, 1.82) is 0 Å². The lowest BCUT2D eigenvalue weighted by Crippen LogP contribution is -2.52. The predicted octanol–water partition coefficient (Wildman–Crippen LogP) is 4.41. The van der Waals surface area contributed by atoms with E-state index in [0.717, 1.165) is 35.1 Å². The Balaban J connectivity index is 1.40. The lowest BCUT2D eigenvalue weighted by atomic mass is 9.84. The Morgan fingerprint density at radius 3 is 2.15 bits per heavy atom. The molecular weight excluding hydrogens is 432 g/mol. The number of nitrogens with zero attached hydrogens (tertiary/aromatic N) is 1. The number of aliphatic carboxylic acids is 1. The molecule has 0 spiro atoms. The zero-order chi connectivity index (χ0) is 24.3. The number of nitrogens with one attached hydrogen (secondary N) is 1. The van der Waals surface area contributed by atoms with E-state index in [9.17, 15) is 19.5 Å². The molecule has 2 N–H and O–H groups in total. The van der Waals surface area contributed by atoms with E-state index < -0.39 is 23.5 Å². The van der Waals surface area contributed by atoms with Crippen LogP contribution in [0.25, 0.3) is 11.1 Å². The van der Waals surface area contributed by atoms with Crippen molar-refractivity contribution >= 4 is 18.0 Å². The standard InChI is InChI=1S/C27H32N2O5/c1-3-23(24(30)31)29(2)25(32)27(14-8-9-15-27)17-28-26(33)34-16-22-20-12-6-4-10-18(20)19-11-5-7-13-21(19)22/h4-7,10-13,22-23H,3,8-9,14-17H2,1-2H3,(H,28,33)(H,30,31). The van der Waals surface area contributed by atoms with Gasteiger partial charge in [-0.15, -0.1) is 0 Å². The van der Waals surface area contributed by atoms with Gasteiger partial charge < -0.3 is 20.1 Å². The number of hydrogen-bond acceptors (Lipinski definition) is 4. The third kappa shape index (κ3) is 4.39. The summed E-state index contributed by atoms with van der Waals surface area (Å²) in [4.78, 5) is 38.8. The molecule has 2 aromatic rings. The highest BCUT2D eigenvalue weighted by molar-refractivity contribution is 5.88. The molecule has 0 aromatic heterocycles. The fraction of sp³-hybridized carbons (Fsp3) is 0.444. The van der Waals surface area contributed by atoms with E-state index in [4.69, 9.17) is 4.74 Å². The fourth-order valence-corrected chi connectivity index (χ4v) is 5.54. The van der Waals surface area contributed by atoms with Crippen molar-refractivity contribution < 1.29 is 24.2 Å². The first-order valence-corrected chi connectivity index (χ1v) is 12.0. The van der Waals surface area contributed by atoms with Gasteiger partial charge in [0.2, 0.25) is 5.91 Å². The van der Waals surface area contributed by atoms with E-state index in [2.05, 4.69) is 29.6 Å². The summed E-state index contributed by atoms with van der Waals surface area (Å²) in [6.45, 7) is 2.10. The SMILES string of the molecule is CCC(C(=O)O)N(C)C(=O)C1(CNC(=O)OCC2c3ccccc3-c3ccccc32)CCCC1. The van der Waals surface area contributed by atoms with Crippen LogP contribution in [0.4, 0.5) is 4.79 Å². The number of fused-ring (bicyclic) bond motifs is 3. The number of carbonyl (C=O) groups excluding carboxylic acids is 2. The van der Waals surface area contributed by atoms with Crippen LogP contribution < -0.4 is 5.32 Å². The summed E-state index contributed by atoms with van der Waals surface area (Å²) < 4.78 is 5.62. The first kappa shape index (κ1) is 23.8. The van der Waals surface area contributed by atoms with E-state index >= 15 is 0 Å². The zero-order valence-electron chi connectivity index (χ0n) is 19.8. The smallest absolute Gasteiger partial charge is 0.407 e. The Labute approximate surface area is 200 Å². The van der Waals surface area contributed by atoms with Crippen molar-refractivity contribution in [2.24, 2.45) is 5.41 Å². The molecule has 4 rings (SSSR count). The topological polar surface area (TPSA) is 95.9 Å². The average molecular weight is 465 g/mol. The summed E-state index contributed by atoms with van der Waals surface area (Å²) in [7, 11) is 1.54. The van der Waals surface area contributed by atoms with E-state index in [1.807, 2.05) is 24.3 Å². The third-order valence-electron chi connectivity index (χ3n) is 7.39. The lowest BCUT2D eigenvalue weighted by molar-refractivity contribution is -0.153. The van der Waals surface area contributed by atoms with E-state index in [1.165, 1.54) is 11.9 Å². The molecule has 34 heavy (non-hydrogen) atoms. The summed E-state index contributed by atoms with van der Waals surface area (Å²) >= 11 is 0. The second-order valence-corrected chi connectivity index (χ2v) is 9.34. The first-order chi connectivity index (χ1) is 16.4. The minimum atomic E-state index is -1.02. The molecule has 2 aliphatic rings. The number of rotatable bonds is 8. The Morgan fingerprint density at radius 2 is 1.62 bits per heavy atom. The maximum Gasteiger partial charge on any atom is 0.407 e. The van der Waals surface area contributed by atoms with Gasteiger partial charge in [-0.2, -0.15) is 0 Å². The molecule has 2 amide bonds. The molecule has 1 saturated carbocycles. The van der Waals surface area contributed by atoms with Crippen LogP contribution in [0.3, 0.4) is 0 Å². The number of benzene rings is 2. The molecular formula is C27H32N2O5. The zero-order valence-corrected chi connectivity index (χ0v) is 19.8. The number of hydrogen-bond donors (Lipinski definition) is 2. The van der Waals surface area contributed by atoms with E-state index in [0.29, 0.717) is 19.3 Å². The summed E-state index contributed by atoms with van der Waals surface area (Å²) in [5, 5.41) is 12.3. The van der Waals surface area contributed by atoms with Gasteiger partial charge in [0.15, 0.2) is 0 Å². The van der Waals surface area contributed by atoms with Gasteiger partial charge in [0, 0.05) is 19.5 Å². The minimum Gasteiger partial charge on any atom is -0.480 e. The van der Waals surface area contributed by atoms with E-state index in [1.54, 1.807) is 6.92 Å². The van der Waals surface area contributed by atoms with E-state index in [-0.39, 0.29) is 25.0 Å². The van der Waals surface area contributed by atoms with Gasteiger partial charge in [0.1, 0.15) is 12.6 Å². The summed E-state index contributed by atoms with van der Waals surface area (Å²) in [6, 6.07) is 15.4. The molecule has 1 unspecified atom stereocenters. The molecule has 180 valence electrons. The fourth-order valence-electron chi connectivity index (χ4n) is 5.54. The highest BCUT2D eigenvalue weighted by atomic mass is 16.5. The third-order valence-corrected chi connectivity index (χ3v) is 7.39. The van der Waals surface area contributed by atoms with Crippen molar-refractivity contribution in [2.75, 3.05) is 20.2 Å². The van der Waals surface area contributed by atoms with Gasteiger partial charge in [-0.1, -0.05) is 68.3 Å². The lowest BCUT2D eigenvalue weighted by Gasteiger charge is -2.35. The number of carbonyl (C=O) groups is 3. The average Bonchev–Trinajstić information content (AvgIpc) is 3.45. The van der Waals surface area contributed by atoms with Crippen LogP contribution in [-0.2, 0) is 14.3 Å². The van der Waals surface area contributed by atoms with Gasteiger partial charge in [-0.05, 0) is 41.5 Å². The van der Waals surface area contributed by atoms with Crippen LogP contribution in [0.1, 0.15) is 56.1 Å². The Bertz CT molecular complexity index is 1030. The number of likely N-dealkylation sites (N-methyl/N-ethyl adjacent to an activating group) is 1. The minimum absolute atomic E-state index is 0.0350. The maximum absolute atomic E-state index is 13.3. The second-order valence-electron chi connectivity index (χ2n) is 9.34.